The number of unbranched alkanes of at least 4 members (excludes halogenated alkanes) is 1. The van der Waals surface area contributed by atoms with Gasteiger partial charge in [-0.1, -0.05) is 30.7 Å². The Kier molecular flexibility index (Phi) is 8.05. The van der Waals surface area contributed by atoms with Crippen LogP contribution in [0.1, 0.15) is 31.4 Å². The maximum atomic E-state index is 13.4. The number of ether oxygens (including phenoxy) is 1. The molecule has 0 radical (unpaired) electrons. The molecule has 1 N–H and O–H groups in total. The summed E-state index contributed by atoms with van der Waals surface area (Å²) in [5.41, 5.74) is 2.20. The Morgan fingerprint density at radius 3 is 2.71 bits per heavy atom. The Morgan fingerprint density at radius 1 is 1.19 bits per heavy atom. The zero-order valence-corrected chi connectivity index (χ0v) is 17.9. The minimum atomic E-state index is -0.770. The third-order valence-corrected chi connectivity index (χ3v) is 4.97. The van der Waals surface area contributed by atoms with E-state index in [0.29, 0.717) is 25.3 Å². The highest BCUT2D eigenvalue weighted by Crippen LogP contribution is 2.22. The lowest BCUT2D eigenvalue weighted by atomic mass is 10.0. The average molecular weight is 425 g/mol. The van der Waals surface area contributed by atoms with Crippen molar-refractivity contribution in [2.75, 3.05) is 26.8 Å². The van der Waals surface area contributed by atoms with Crippen LogP contribution in [-0.4, -0.2) is 63.5 Å². The van der Waals surface area contributed by atoms with Crippen molar-refractivity contribution >= 4 is 22.8 Å². The maximum absolute atomic E-state index is 13.4. The van der Waals surface area contributed by atoms with Gasteiger partial charge in [-0.05, 0) is 36.2 Å². The summed E-state index contributed by atoms with van der Waals surface area (Å²) in [4.78, 5) is 32.2. The van der Waals surface area contributed by atoms with E-state index >= 15 is 0 Å². The molecule has 2 aromatic heterocycles. The van der Waals surface area contributed by atoms with E-state index in [9.17, 15) is 9.59 Å². The van der Waals surface area contributed by atoms with Crippen LogP contribution in [0.2, 0.25) is 0 Å². The number of amides is 2. The second-order valence-electron chi connectivity index (χ2n) is 7.14. The van der Waals surface area contributed by atoms with Gasteiger partial charge in [0, 0.05) is 32.6 Å². The molecule has 3 rings (SSSR count). The number of nitrogens with zero attached hydrogens (tertiary/aromatic N) is 5. The fraction of sp³-hybridized carbons (Fsp3) is 0.409. The van der Waals surface area contributed by atoms with Gasteiger partial charge in [0.1, 0.15) is 18.1 Å². The minimum Gasteiger partial charge on any atom is -0.383 e. The van der Waals surface area contributed by atoms with E-state index in [1.165, 1.54) is 0 Å². The Hall–Kier alpha value is -3.33. The number of fused-ring (bicyclic) bond motifs is 1. The topological polar surface area (TPSA) is 102 Å². The van der Waals surface area contributed by atoms with Crippen molar-refractivity contribution in [1.29, 1.82) is 0 Å². The summed E-state index contributed by atoms with van der Waals surface area (Å²) < 4.78 is 6.61. The molecule has 2 amide bonds. The molecular weight excluding hydrogens is 396 g/mol. The van der Waals surface area contributed by atoms with Crippen LogP contribution in [0, 0.1) is 0 Å². The van der Waals surface area contributed by atoms with Crippen LogP contribution in [0.25, 0.3) is 11.0 Å². The molecule has 31 heavy (non-hydrogen) atoms. The summed E-state index contributed by atoms with van der Waals surface area (Å²) in [5, 5.41) is 11.1. The van der Waals surface area contributed by atoms with Gasteiger partial charge in [0.05, 0.1) is 12.1 Å². The van der Waals surface area contributed by atoms with Gasteiger partial charge >= 0.3 is 0 Å². The van der Waals surface area contributed by atoms with E-state index in [2.05, 4.69) is 20.6 Å². The summed E-state index contributed by atoms with van der Waals surface area (Å²) in [6, 6.07) is 10.2. The number of carbonyl (C=O) groups excluding carboxylic acids is 2. The van der Waals surface area contributed by atoms with E-state index < -0.39 is 6.04 Å². The zero-order valence-electron chi connectivity index (χ0n) is 17.9. The number of benzene rings is 1. The Morgan fingerprint density at radius 2 is 1.97 bits per heavy atom. The van der Waals surface area contributed by atoms with Crippen LogP contribution in [0.15, 0.2) is 48.8 Å². The van der Waals surface area contributed by atoms with Crippen molar-refractivity contribution in [3.63, 3.8) is 0 Å². The molecule has 1 unspecified atom stereocenters. The van der Waals surface area contributed by atoms with Crippen molar-refractivity contribution in [2.24, 2.45) is 0 Å². The molecule has 0 aliphatic rings. The number of rotatable bonds is 11. The predicted molar refractivity (Wildman–Crippen MR) is 116 cm³/mol. The van der Waals surface area contributed by atoms with Gasteiger partial charge in [-0.15, -0.1) is 5.10 Å². The second kappa shape index (κ2) is 11.2. The SMILES string of the molecule is CCCCN(C(=O)Cn1nnc2ccccc21)C(C(=O)NCCOC)c1ccncc1. The number of hydrogen-bond acceptors (Lipinski definition) is 6. The van der Waals surface area contributed by atoms with Gasteiger partial charge < -0.3 is 15.0 Å². The lowest BCUT2D eigenvalue weighted by Gasteiger charge is -2.31. The van der Waals surface area contributed by atoms with E-state index in [4.69, 9.17) is 4.74 Å². The maximum Gasteiger partial charge on any atom is 0.247 e. The number of methoxy groups -OCH3 is 1. The Bertz CT molecular complexity index is 991. The van der Waals surface area contributed by atoms with Crippen LogP contribution in [0.5, 0.6) is 0 Å². The van der Waals surface area contributed by atoms with Crippen molar-refractivity contribution in [2.45, 2.75) is 32.4 Å². The van der Waals surface area contributed by atoms with Crippen molar-refractivity contribution < 1.29 is 14.3 Å². The molecule has 3 aromatic rings. The number of hydrogen-bond donors (Lipinski definition) is 1. The molecule has 164 valence electrons. The molecule has 0 fully saturated rings. The van der Waals surface area contributed by atoms with Crippen molar-refractivity contribution in [1.82, 2.24) is 30.2 Å². The third kappa shape index (κ3) is 5.64. The summed E-state index contributed by atoms with van der Waals surface area (Å²) >= 11 is 0. The highest BCUT2D eigenvalue weighted by molar-refractivity contribution is 5.89. The normalized spacial score (nSPS) is 11.9. The predicted octanol–water partition coefficient (Wildman–Crippen LogP) is 1.96. The van der Waals surface area contributed by atoms with E-state index in [1.54, 1.807) is 41.2 Å². The molecule has 9 nitrogen and oxygen atoms in total. The minimum absolute atomic E-state index is 0.00282. The first kappa shape index (κ1) is 22.4. The van der Waals surface area contributed by atoms with Gasteiger partial charge in [0.2, 0.25) is 11.8 Å². The lowest BCUT2D eigenvalue weighted by Crippen LogP contribution is -2.46. The number of carbonyl (C=O) groups is 2. The van der Waals surface area contributed by atoms with Crippen LogP contribution in [-0.2, 0) is 20.9 Å². The van der Waals surface area contributed by atoms with Crippen LogP contribution in [0.4, 0.5) is 0 Å². The quantitative estimate of drug-likeness (QED) is 0.472. The molecule has 0 aliphatic heterocycles. The van der Waals surface area contributed by atoms with Gasteiger partial charge in [-0.3, -0.25) is 14.6 Å². The van der Waals surface area contributed by atoms with Crippen LogP contribution >= 0.6 is 0 Å². The molecule has 0 bridgehead atoms. The van der Waals surface area contributed by atoms with Gasteiger partial charge in [-0.2, -0.15) is 0 Å². The molecule has 0 spiro atoms. The van der Waals surface area contributed by atoms with Gasteiger partial charge in [-0.25, -0.2) is 4.68 Å². The summed E-state index contributed by atoms with van der Waals surface area (Å²) in [5.74, 6) is -0.455. The molecule has 2 heterocycles. The van der Waals surface area contributed by atoms with E-state index in [1.807, 2.05) is 31.2 Å². The fourth-order valence-corrected chi connectivity index (χ4v) is 3.37. The van der Waals surface area contributed by atoms with Crippen molar-refractivity contribution in [3.8, 4) is 0 Å². The summed E-state index contributed by atoms with van der Waals surface area (Å²) in [6.07, 6.45) is 4.91. The number of pyridine rings is 1. The van der Waals surface area contributed by atoms with Crippen molar-refractivity contribution in [3.05, 3.63) is 54.4 Å². The Balaban J connectivity index is 1.89. The largest absolute Gasteiger partial charge is 0.383 e. The number of para-hydroxylation sites is 1. The molecule has 0 aliphatic carbocycles. The van der Waals surface area contributed by atoms with Crippen LogP contribution < -0.4 is 5.32 Å². The molecule has 1 aromatic carbocycles. The first-order valence-electron chi connectivity index (χ1n) is 10.4. The zero-order chi connectivity index (χ0) is 22.1. The second-order valence-corrected chi connectivity index (χ2v) is 7.14. The molecule has 0 saturated heterocycles. The molecule has 1 atom stereocenters. The molecule has 0 saturated carbocycles. The monoisotopic (exact) mass is 424 g/mol. The fourth-order valence-electron chi connectivity index (χ4n) is 3.37. The Labute approximate surface area is 181 Å². The summed E-state index contributed by atoms with van der Waals surface area (Å²) in [6.45, 7) is 3.25. The van der Waals surface area contributed by atoms with Gasteiger partial charge in [0.25, 0.3) is 0 Å². The standard InChI is InChI=1S/C22H28N6O3/c1-3-4-14-27(20(29)16-28-19-8-6-5-7-18(19)25-26-28)21(17-9-11-23-12-10-17)22(30)24-13-15-31-2/h5-12,21H,3-4,13-16H2,1-2H3,(H,24,30). The van der Waals surface area contributed by atoms with Gasteiger partial charge in [0.15, 0.2) is 0 Å². The lowest BCUT2D eigenvalue weighted by molar-refractivity contribution is -0.141. The number of aromatic nitrogens is 4. The third-order valence-electron chi connectivity index (χ3n) is 4.97. The molecular formula is C22H28N6O3. The number of nitrogens with one attached hydrogen (secondary N) is 1. The highest BCUT2D eigenvalue weighted by Gasteiger charge is 2.31. The van der Waals surface area contributed by atoms with E-state index in [0.717, 1.165) is 23.9 Å². The first-order valence-corrected chi connectivity index (χ1v) is 10.4. The highest BCUT2D eigenvalue weighted by atomic mass is 16.5. The molecule has 9 heteroatoms. The first-order chi connectivity index (χ1) is 15.2. The summed E-state index contributed by atoms with van der Waals surface area (Å²) in [7, 11) is 1.58. The van der Waals surface area contributed by atoms with Crippen LogP contribution in [0.3, 0.4) is 0 Å². The average Bonchev–Trinajstić information content (AvgIpc) is 3.20. The van der Waals surface area contributed by atoms with E-state index in [-0.39, 0.29) is 18.4 Å². The smallest absolute Gasteiger partial charge is 0.247 e.